The van der Waals surface area contributed by atoms with E-state index in [4.69, 9.17) is 10.5 Å². The van der Waals surface area contributed by atoms with Gasteiger partial charge in [0.15, 0.2) is 11.6 Å². The molecule has 0 spiro atoms. The summed E-state index contributed by atoms with van der Waals surface area (Å²) in [6.07, 6.45) is 1.32. The zero-order valence-electron chi connectivity index (χ0n) is 9.85. The minimum absolute atomic E-state index is 0.239. The topological polar surface area (TPSA) is 73.1 Å². The fraction of sp³-hybridized carbons (Fsp3) is 0.167. The van der Waals surface area contributed by atoms with Gasteiger partial charge >= 0.3 is 0 Å². The molecule has 0 atom stereocenters. The number of nitrogen functional groups attached to an aromatic ring is 1. The summed E-state index contributed by atoms with van der Waals surface area (Å²) in [6, 6.07) is 6.51. The number of anilines is 2. The second kappa shape index (κ2) is 5.31. The molecule has 0 bridgehead atoms. The zero-order chi connectivity index (χ0) is 13.0. The highest BCUT2D eigenvalue weighted by molar-refractivity contribution is 5.61. The maximum Gasteiger partial charge on any atom is 0.203 e. The van der Waals surface area contributed by atoms with Gasteiger partial charge in [-0.05, 0) is 6.07 Å². The summed E-state index contributed by atoms with van der Waals surface area (Å²) in [7, 11) is 1.48. The Labute approximate surface area is 104 Å². The standard InChI is InChI=1S/C12H13FN4O/c1-18-10-11(14)16-7-17-12(10)15-6-8-4-2-3-5-9(8)13/h2-5,7H,6H2,1H3,(H3,14,15,16,17). The van der Waals surface area contributed by atoms with E-state index in [0.717, 1.165) is 0 Å². The maximum absolute atomic E-state index is 13.4. The molecular formula is C12H13FN4O. The number of methoxy groups -OCH3 is 1. The molecule has 0 aliphatic rings. The quantitative estimate of drug-likeness (QED) is 0.863. The van der Waals surface area contributed by atoms with Crippen LogP contribution in [-0.4, -0.2) is 17.1 Å². The van der Waals surface area contributed by atoms with E-state index in [1.165, 1.54) is 19.5 Å². The van der Waals surface area contributed by atoms with Gasteiger partial charge in [-0.2, -0.15) is 0 Å². The Hall–Kier alpha value is -2.37. The highest BCUT2D eigenvalue weighted by Crippen LogP contribution is 2.26. The summed E-state index contributed by atoms with van der Waals surface area (Å²) >= 11 is 0. The monoisotopic (exact) mass is 248 g/mol. The van der Waals surface area contributed by atoms with Crippen LogP contribution in [0.5, 0.6) is 5.75 Å². The number of benzene rings is 1. The van der Waals surface area contributed by atoms with Gasteiger partial charge in [0.2, 0.25) is 5.75 Å². The molecule has 0 radical (unpaired) electrons. The van der Waals surface area contributed by atoms with Crippen LogP contribution in [-0.2, 0) is 6.54 Å². The van der Waals surface area contributed by atoms with Crippen molar-refractivity contribution in [3.63, 3.8) is 0 Å². The Balaban J connectivity index is 2.16. The minimum atomic E-state index is -0.272. The summed E-state index contributed by atoms with van der Waals surface area (Å²) < 4.78 is 18.5. The molecule has 94 valence electrons. The van der Waals surface area contributed by atoms with E-state index in [0.29, 0.717) is 23.7 Å². The molecule has 2 rings (SSSR count). The first-order chi connectivity index (χ1) is 8.72. The van der Waals surface area contributed by atoms with Gasteiger partial charge in [0.25, 0.3) is 0 Å². The van der Waals surface area contributed by atoms with Gasteiger partial charge in [-0.25, -0.2) is 14.4 Å². The molecule has 0 saturated carbocycles. The number of halogens is 1. The van der Waals surface area contributed by atoms with Crippen LogP contribution in [0.4, 0.5) is 16.0 Å². The Morgan fingerprint density at radius 2 is 2.11 bits per heavy atom. The third kappa shape index (κ3) is 2.48. The number of nitrogens with two attached hydrogens (primary N) is 1. The first kappa shape index (κ1) is 12.1. The van der Waals surface area contributed by atoms with Crippen molar-refractivity contribution in [2.45, 2.75) is 6.54 Å². The fourth-order valence-corrected chi connectivity index (χ4v) is 1.54. The van der Waals surface area contributed by atoms with E-state index in [9.17, 15) is 4.39 Å². The summed E-state index contributed by atoms with van der Waals surface area (Å²) in [5.74, 6) is 0.761. The average molecular weight is 248 g/mol. The number of rotatable bonds is 4. The van der Waals surface area contributed by atoms with Crippen LogP contribution in [0.2, 0.25) is 0 Å². The number of nitrogens with one attached hydrogen (secondary N) is 1. The van der Waals surface area contributed by atoms with E-state index in [1.807, 2.05) is 0 Å². The van der Waals surface area contributed by atoms with Gasteiger partial charge in [0, 0.05) is 12.1 Å². The molecule has 0 saturated heterocycles. The number of aromatic nitrogens is 2. The van der Waals surface area contributed by atoms with Crippen molar-refractivity contribution in [3.05, 3.63) is 42.0 Å². The van der Waals surface area contributed by atoms with Crippen LogP contribution in [0.25, 0.3) is 0 Å². The summed E-state index contributed by atoms with van der Waals surface area (Å²) in [5, 5.41) is 2.97. The molecule has 0 amide bonds. The summed E-state index contributed by atoms with van der Waals surface area (Å²) in [5.41, 5.74) is 6.18. The zero-order valence-corrected chi connectivity index (χ0v) is 9.85. The van der Waals surface area contributed by atoms with Gasteiger partial charge in [-0.3, -0.25) is 0 Å². The lowest BCUT2D eigenvalue weighted by molar-refractivity contribution is 0.415. The molecule has 0 fully saturated rings. The molecule has 1 heterocycles. The molecule has 3 N–H and O–H groups in total. The van der Waals surface area contributed by atoms with Gasteiger partial charge in [0.1, 0.15) is 12.1 Å². The molecule has 0 aliphatic carbocycles. The van der Waals surface area contributed by atoms with Gasteiger partial charge in [-0.15, -0.1) is 0 Å². The van der Waals surface area contributed by atoms with Crippen molar-refractivity contribution < 1.29 is 9.13 Å². The predicted octanol–water partition coefficient (Wildman–Crippen LogP) is 1.82. The number of hydrogen-bond acceptors (Lipinski definition) is 5. The molecule has 18 heavy (non-hydrogen) atoms. The van der Waals surface area contributed by atoms with Crippen molar-refractivity contribution in [3.8, 4) is 5.75 Å². The SMILES string of the molecule is COc1c(N)ncnc1NCc1ccccc1F. The molecule has 0 unspecified atom stereocenters. The minimum Gasteiger partial charge on any atom is -0.490 e. The van der Waals surface area contributed by atoms with Crippen LogP contribution in [0.1, 0.15) is 5.56 Å². The molecule has 6 heteroatoms. The number of hydrogen-bond donors (Lipinski definition) is 2. The molecule has 2 aromatic rings. The Morgan fingerprint density at radius 1 is 1.33 bits per heavy atom. The molecule has 0 aliphatic heterocycles. The lowest BCUT2D eigenvalue weighted by Crippen LogP contribution is -2.07. The maximum atomic E-state index is 13.4. The lowest BCUT2D eigenvalue weighted by atomic mass is 10.2. The molecule has 1 aromatic heterocycles. The fourth-order valence-electron chi connectivity index (χ4n) is 1.54. The van der Waals surface area contributed by atoms with Gasteiger partial charge in [-0.1, -0.05) is 18.2 Å². The summed E-state index contributed by atoms with van der Waals surface area (Å²) in [6.45, 7) is 0.291. The first-order valence-electron chi connectivity index (χ1n) is 5.34. The second-order valence-corrected chi connectivity index (χ2v) is 3.59. The number of ether oxygens (including phenoxy) is 1. The van der Waals surface area contributed by atoms with E-state index >= 15 is 0 Å². The largest absolute Gasteiger partial charge is 0.490 e. The van der Waals surface area contributed by atoms with E-state index in [1.54, 1.807) is 18.2 Å². The van der Waals surface area contributed by atoms with Crippen molar-refractivity contribution >= 4 is 11.6 Å². The third-order valence-electron chi connectivity index (χ3n) is 2.44. The van der Waals surface area contributed by atoms with Crippen LogP contribution >= 0.6 is 0 Å². The Kier molecular flexibility index (Phi) is 3.57. The highest BCUT2D eigenvalue weighted by atomic mass is 19.1. The normalized spacial score (nSPS) is 10.1. The molecular weight excluding hydrogens is 235 g/mol. The van der Waals surface area contributed by atoms with Crippen LogP contribution in [0, 0.1) is 5.82 Å². The van der Waals surface area contributed by atoms with Gasteiger partial charge in [0.05, 0.1) is 7.11 Å². The number of nitrogens with zero attached hydrogens (tertiary/aromatic N) is 2. The van der Waals surface area contributed by atoms with Crippen molar-refractivity contribution in [2.24, 2.45) is 0 Å². The first-order valence-corrected chi connectivity index (χ1v) is 5.34. The van der Waals surface area contributed by atoms with Crippen molar-refractivity contribution in [1.82, 2.24) is 9.97 Å². The van der Waals surface area contributed by atoms with Gasteiger partial charge < -0.3 is 15.8 Å². The molecule has 5 nitrogen and oxygen atoms in total. The van der Waals surface area contributed by atoms with Crippen LogP contribution in [0.15, 0.2) is 30.6 Å². The van der Waals surface area contributed by atoms with Crippen molar-refractivity contribution in [2.75, 3.05) is 18.2 Å². The second-order valence-electron chi connectivity index (χ2n) is 3.59. The Bertz CT molecular complexity index is 547. The van der Waals surface area contributed by atoms with E-state index < -0.39 is 0 Å². The Morgan fingerprint density at radius 3 is 2.83 bits per heavy atom. The molecule has 1 aromatic carbocycles. The summed E-state index contributed by atoms with van der Waals surface area (Å²) in [4.78, 5) is 7.82. The lowest BCUT2D eigenvalue weighted by Gasteiger charge is -2.11. The predicted molar refractivity (Wildman–Crippen MR) is 66.7 cm³/mol. The highest BCUT2D eigenvalue weighted by Gasteiger charge is 2.09. The van der Waals surface area contributed by atoms with Crippen LogP contribution in [0.3, 0.4) is 0 Å². The van der Waals surface area contributed by atoms with Crippen LogP contribution < -0.4 is 15.8 Å². The van der Waals surface area contributed by atoms with E-state index in [-0.39, 0.29) is 11.6 Å². The average Bonchev–Trinajstić information content (AvgIpc) is 2.38. The van der Waals surface area contributed by atoms with E-state index in [2.05, 4.69) is 15.3 Å². The van der Waals surface area contributed by atoms with Crippen molar-refractivity contribution in [1.29, 1.82) is 0 Å². The smallest absolute Gasteiger partial charge is 0.203 e. The third-order valence-corrected chi connectivity index (χ3v) is 2.44.